The Morgan fingerprint density at radius 2 is 2.00 bits per heavy atom. The van der Waals surface area contributed by atoms with Crippen molar-refractivity contribution in [3.05, 3.63) is 0 Å². The zero-order chi connectivity index (χ0) is 10.8. The monoisotopic (exact) mass is 210 g/mol. The van der Waals surface area contributed by atoms with Crippen LogP contribution < -0.4 is 0 Å². The number of carbonyl (C=O) groups excluding carboxylic acids is 2. The van der Waals surface area contributed by atoms with Gasteiger partial charge in [0, 0.05) is 26.6 Å². The smallest absolute Gasteiger partial charge is 0.236 e. The van der Waals surface area contributed by atoms with Crippen LogP contribution in [0.3, 0.4) is 0 Å². The molecule has 0 aromatic heterocycles. The molecule has 4 heteroatoms. The molecule has 84 valence electrons. The number of rotatable bonds is 1. The lowest BCUT2D eigenvalue weighted by Crippen LogP contribution is -2.42. The Morgan fingerprint density at radius 3 is 2.67 bits per heavy atom. The maximum Gasteiger partial charge on any atom is 0.236 e. The van der Waals surface area contributed by atoms with Crippen LogP contribution in [-0.2, 0) is 9.59 Å². The van der Waals surface area contributed by atoms with E-state index in [0.717, 1.165) is 32.4 Å². The minimum absolute atomic E-state index is 0.0282. The fourth-order valence-electron chi connectivity index (χ4n) is 2.46. The molecule has 4 nitrogen and oxygen atoms in total. The third-order valence-corrected chi connectivity index (χ3v) is 3.42. The van der Waals surface area contributed by atoms with Gasteiger partial charge in [-0.25, -0.2) is 0 Å². The van der Waals surface area contributed by atoms with Crippen LogP contribution in [0.25, 0.3) is 0 Å². The molecule has 1 heterocycles. The summed E-state index contributed by atoms with van der Waals surface area (Å²) in [4.78, 5) is 27.1. The molecule has 2 fully saturated rings. The highest BCUT2D eigenvalue weighted by molar-refractivity contribution is 5.87. The van der Waals surface area contributed by atoms with E-state index >= 15 is 0 Å². The number of hydrogen-bond donors (Lipinski definition) is 0. The van der Waals surface area contributed by atoms with Crippen molar-refractivity contribution in [3.8, 4) is 0 Å². The normalized spacial score (nSPS) is 29.7. The van der Waals surface area contributed by atoms with Crippen molar-refractivity contribution in [1.29, 1.82) is 0 Å². The summed E-state index contributed by atoms with van der Waals surface area (Å²) in [6.45, 7) is 2.12. The second-order valence-electron chi connectivity index (χ2n) is 4.51. The zero-order valence-electron chi connectivity index (χ0n) is 9.24. The van der Waals surface area contributed by atoms with Crippen LogP contribution in [0.2, 0.25) is 0 Å². The van der Waals surface area contributed by atoms with Gasteiger partial charge >= 0.3 is 0 Å². The summed E-state index contributed by atoms with van der Waals surface area (Å²) in [6, 6.07) is 0.0282. The quantitative estimate of drug-likeness (QED) is 0.624. The predicted molar refractivity (Wildman–Crippen MR) is 56.5 cm³/mol. The van der Waals surface area contributed by atoms with E-state index < -0.39 is 0 Å². The summed E-state index contributed by atoms with van der Waals surface area (Å²) in [5, 5.41) is 0. The molecule has 0 bridgehead atoms. The second kappa shape index (κ2) is 4.31. The first-order valence-electron chi connectivity index (χ1n) is 5.69. The summed E-state index contributed by atoms with van der Waals surface area (Å²) in [7, 11) is 1.84. The molecule has 2 rings (SSSR count). The fraction of sp³-hybridized carbons (Fsp3) is 0.818. The van der Waals surface area contributed by atoms with Crippen molar-refractivity contribution < 1.29 is 9.59 Å². The highest BCUT2D eigenvalue weighted by Gasteiger charge is 2.32. The van der Waals surface area contributed by atoms with E-state index in [1.54, 1.807) is 4.90 Å². The number of nitrogens with zero attached hydrogens (tertiary/aromatic N) is 2. The molecule has 1 saturated carbocycles. The maximum absolute atomic E-state index is 11.7. The molecule has 0 N–H and O–H groups in total. The van der Waals surface area contributed by atoms with Crippen LogP contribution in [0, 0.1) is 0 Å². The highest BCUT2D eigenvalue weighted by atomic mass is 16.2. The first kappa shape index (κ1) is 10.6. The SMILES string of the molecule is CN1CCCN(C2CCCC2=O)CC1=O. The average molecular weight is 210 g/mol. The molecule has 1 atom stereocenters. The van der Waals surface area contributed by atoms with E-state index in [1.165, 1.54) is 0 Å². The molecule has 1 amide bonds. The van der Waals surface area contributed by atoms with Crippen LogP contribution in [0.1, 0.15) is 25.7 Å². The number of amides is 1. The van der Waals surface area contributed by atoms with Gasteiger partial charge in [0.15, 0.2) is 0 Å². The fourth-order valence-corrected chi connectivity index (χ4v) is 2.46. The predicted octanol–water partition coefficient (Wildman–Crippen LogP) is 0.272. The summed E-state index contributed by atoms with van der Waals surface area (Å²) in [5.41, 5.74) is 0. The van der Waals surface area contributed by atoms with Gasteiger partial charge in [-0.05, 0) is 19.3 Å². The van der Waals surface area contributed by atoms with Gasteiger partial charge in [0.05, 0.1) is 12.6 Å². The Morgan fingerprint density at radius 1 is 1.20 bits per heavy atom. The summed E-state index contributed by atoms with van der Waals surface area (Å²) >= 11 is 0. The van der Waals surface area contributed by atoms with Gasteiger partial charge < -0.3 is 4.90 Å². The molecule has 0 spiro atoms. The van der Waals surface area contributed by atoms with Crippen molar-refractivity contribution in [1.82, 2.24) is 9.80 Å². The van der Waals surface area contributed by atoms with Gasteiger partial charge in [0.1, 0.15) is 5.78 Å². The molecule has 0 aromatic rings. The second-order valence-corrected chi connectivity index (χ2v) is 4.51. The minimum atomic E-state index is 0.0282. The van der Waals surface area contributed by atoms with Gasteiger partial charge in [-0.15, -0.1) is 0 Å². The van der Waals surface area contributed by atoms with E-state index in [4.69, 9.17) is 0 Å². The minimum Gasteiger partial charge on any atom is -0.345 e. The van der Waals surface area contributed by atoms with Crippen molar-refractivity contribution in [3.63, 3.8) is 0 Å². The van der Waals surface area contributed by atoms with Gasteiger partial charge in [-0.2, -0.15) is 0 Å². The lowest BCUT2D eigenvalue weighted by molar-refractivity contribution is -0.131. The summed E-state index contributed by atoms with van der Waals surface area (Å²) in [5.74, 6) is 0.472. The molecule has 0 aromatic carbocycles. The van der Waals surface area contributed by atoms with Gasteiger partial charge in [-0.1, -0.05) is 0 Å². The third-order valence-electron chi connectivity index (χ3n) is 3.42. The topological polar surface area (TPSA) is 40.6 Å². The summed E-state index contributed by atoms with van der Waals surface area (Å²) < 4.78 is 0. The first-order valence-corrected chi connectivity index (χ1v) is 5.69. The maximum atomic E-state index is 11.7. The van der Waals surface area contributed by atoms with E-state index in [1.807, 2.05) is 7.05 Å². The molecule has 1 unspecified atom stereocenters. The Hall–Kier alpha value is -0.900. The molecule has 1 aliphatic heterocycles. The third kappa shape index (κ3) is 2.20. The van der Waals surface area contributed by atoms with Crippen molar-refractivity contribution >= 4 is 11.7 Å². The Bertz CT molecular complexity index is 278. The molecular formula is C11H18N2O2. The largest absolute Gasteiger partial charge is 0.345 e. The number of carbonyl (C=O) groups is 2. The van der Waals surface area contributed by atoms with Crippen molar-refractivity contribution in [2.45, 2.75) is 31.7 Å². The van der Waals surface area contributed by atoms with Crippen LogP contribution in [0.4, 0.5) is 0 Å². The van der Waals surface area contributed by atoms with Gasteiger partial charge in [0.25, 0.3) is 0 Å². The van der Waals surface area contributed by atoms with Crippen molar-refractivity contribution in [2.24, 2.45) is 0 Å². The number of Topliss-reactive ketones (excluding diaryl/α,β-unsaturated/α-hetero) is 1. The molecule has 1 aliphatic carbocycles. The molecule has 0 radical (unpaired) electrons. The molecular weight excluding hydrogens is 192 g/mol. The molecule has 1 saturated heterocycles. The van der Waals surface area contributed by atoms with E-state index in [-0.39, 0.29) is 11.9 Å². The number of ketones is 1. The Balaban J connectivity index is 2.02. The molecule has 2 aliphatic rings. The Kier molecular flexibility index (Phi) is 3.05. The molecule has 15 heavy (non-hydrogen) atoms. The Labute approximate surface area is 90.2 Å². The van der Waals surface area contributed by atoms with E-state index in [9.17, 15) is 9.59 Å². The lowest BCUT2D eigenvalue weighted by Gasteiger charge is -2.24. The highest BCUT2D eigenvalue weighted by Crippen LogP contribution is 2.21. The summed E-state index contributed by atoms with van der Waals surface area (Å²) in [6.07, 6.45) is 3.61. The average Bonchev–Trinajstić information content (AvgIpc) is 2.55. The lowest BCUT2D eigenvalue weighted by atomic mass is 10.2. The zero-order valence-corrected chi connectivity index (χ0v) is 9.24. The van der Waals surface area contributed by atoms with Gasteiger partial charge in [-0.3, -0.25) is 14.5 Å². The van der Waals surface area contributed by atoms with Crippen LogP contribution >= 0.6 is 0 Å². The number of hydrogen-bond acceptors (Lipinski definition) is 3. The van der Waals surface area contributed by atoms with Crippen molar-refractivity contribution in [2.75, 3.05) is 26.7 Å². The standard InChI is InChI=1S/C11H18N2O2/c1-12-6-3-7-13(8-11(12)15)9-4-2-5-10(9)14/h9H,2-8H2,1H3. The van der Waals surface area contributed by atoms with E-state index in [0.29, 0.717) is 18.7 Å². The number of likely N-dealkylation sites (N-methyl/N-ethyl adjacent to an activating group) is 1. The first-order chi connectivity index (χ1) is 7.18. The van der Waals surface area contributed by atoms with Crippen LogP contribution in [0.5, 0.6) is 0 Å². The van der Waals surface area contributed by atoms with Gasteiger partial charge in [0.2, 0.25) is 5.91 Å². The van der Waals surface area contributed by atoms with E-state index in [2.05, 4.69) is 4.90 Å². The van der Waals surface area contributed by atoms with Crippen LogP contribution in [0.15, 0.2) is 0 Å². The van der Waals surface area contributed by atoms with Crippen LogP contribution in [-0.4, -0.2) is 54.2 Å².